The SMILES string of the molecule is C[C@@H](NC(=O)CCc1cccc(N)c1)c1cccs1. The van der Waals surface area contributed by atoms with Crippen LogP contribution in [-0.4, -0.2) is 5.91 Å². The number of benzene rings is 1. The van der Waals surface area contributed by atoms with Gasteiger partial charge in [0.05, 0.1) is 6.04 Å². The second kappa shape index (κ2) is 6.38. The molecule has 2 aromatic rings. The van der Waals surface area contributed by atoms with Crippen molar-refractivity contribution in [1.29, 1.82) is 0 Å². The van der Waals surface area contributed by atoms with Crippen LogP contribution in [0.3, 0.4) is 0 Å². The van der Waals surface area contributed by atoms with Crippen molar-refractivity contribution in [3.8, 4) is 0 Å². The largest absolute Gasteiger partial charge is 0.399 e. The third-order valence-electron chi connectivity index (χ3n) is 2.94. The summed E-state index contributed by atoms with van der Waals surface area (Å²) in [5.74, 6) is 0.0725. The first-order valence-corrected chi connectivity index (χ1v) is 7.20. The van der Waals surface area contributed by atoms with Crippen LogP contribution < -0.4 is 11.1 Å². The molecular weight excluding hydrogens is 256 g/mol. The summed E-state index contributed by atoms with van der Waals surface area (Å²) in [6.07, 6.45) is 1.20. The Hall–Kier alpha value is -1.81. The van der Waals surface area contributed by atoms with Crippen LogP contribution in [0.15, 0.2) is 41.8 Å². The molecule has 0 saturated carbocycles. The lowest BCUT2D eigenvalue weighted by Crippen LogP contribution is -2.26. The quantitative estimate of drug-likeness (QED) is 0.823. The smallest absolute Gasteiger partial charge is 0.220 e. The molecule has 1 aromatic heterocycles. The summed E-state index contributed by atoms with van der Waals surface area (Å²) in [5, 5.41) is 5.03. The highest BCUT2D eigenvalue weighted by molar-refractivity contribution is 7.10. The van der Waals surface area contributed by atoms with Gasteiger partial charge in [0.15, 0.2) is 0 Å². The Morgan fingerprint density at radius 2 is 2.21 bits per heavy atom. The Morgan fingerprint density at radius 1 is 1.37 bits per heavy atom. The number of rotatable bonds is 5. The molecule has 3 nitrogen and oxygen atoms in total. The van der Waals surface area contributed by atoms with Crippen molar-refractivity contribution in [2.75, 3.05) is 5.73 Å². The lowest BCUT2D eigenvalue weighted by atomic mass is 10.1. The van der Waals surface area contributed by atoms with Gasteiger partial charge in [0.2, 0.25) is 5.91 Å². The zero-order chi connectivity index (χ0) is 13.7. The van der Waals surface area contributed by atoms with E-state index in [0.29, 0.717) is 12.8 Å². The predicted octanol–water partition coefficient (Wildman–Crippen LogP) is 3.14. The molecule has 1 aromatic carbocycles. The van der Waals surface area contributed by atoms with E-state index in [0.717, 1.165) is 11.3 Å². The third kappa shape index (κ3) is 4.10. The molecule has 4 heteroatoms. The van der Waals surface area contributed by atoms with Gasteiger partial charge in [-0.3, -0.25) is 4.79 Å². The van der Waals surface area contributed by atoms with Crippen molar-refractivity contribution in [2.24, 2.45) is 0 Å². The van der Waals surface area contributed by atoms with E-state index < -0.39 is 0 Å². The van der Waals surface area contributed by atoms with Crippen molar-refractivity contribution in [3.05, 3.63) is 52.2 Å². The Kier molecular flexibility index (Phi) is 4.58. The van der Waals surface area contributed by atoms with Crippen molar-refractivity contribution in [3.63, 3.8) is 0 Å². The molecular formula is C15H18N2OS. The summed E-state index contributed by atoms with van der Waals surface area (Å²) in [7, 11) is 0. The minimum Gasteiger partial charge on any atom is -0.399 e. The van der Waals surface area contributed by atoms with Gasteiger partial charge >= 0.3 is 0 Å². The van der Waals surface area contributed by atoms with E-state index in [1.807, 2.05) is 48.7 Å². The number of anilines is 1. The van der Waals surface area contributed by atoms with Gasteiger partial charge in [0.1, 0.15) is 0 Å². The topological polar surface area (TPSA) is 55.1 Å². The van der Waals surface area contributed by atoms with E-state index in [9.17, 15) is 4.79 Å². The normalized spacial score (nSPS) is 12.1. The van der Waals surface area contributed by atoms with Gasteiger partial charge in [-0.05, 0) is 42.5 Å². The molecule has 19 heavy (non-hydrogen) atoms. The Balaban J connectivity index is 1.82. The van der Waals surface area contributed by atoms with Gasteiger partial charge in [-0.25, -0.2) is 0 Å². The number of nitrogen functional groups attached to an aromatic ring is 1. The Morgan fingerprint density at radius 3 is 2.89 bits per heavy atom. The average molecular weight is 274 g/mol. The highest BCUT2D eigenvalue weighted by Crippen LogP contribution is 2.18. The summed E-state index contributed by atoms with van der Waals surface area (Å²) >= 11 is 1.66. The van der Waals surface area contributed by atoms with Crippen LogP contribution in [-0.2, 0) is 11.2 Å². The maximum atomic E-state index is 11.9. The zero-order valence-electron chi connectivity index (χ0n) is 10.9. The van der Waals surface area contributed by atoms with Crippen molar-refractivity contribution in [1.82, 2.24) is 5.32 Å². The maximum absolute atomic E-state index is 11.9. The number of aryl methyl sites for hydroxylation is 1. The first kappa shape index (κ1) is 13.6. The van der Waals surface area contributed by atoms with Crippen LogP contribution in [0, 0.1) is 0 Å². The minimum absolute atomic E-state index is 0.0725. The van der Waals surface area contributed by atoms with E-state index in [-0.39, 0.29) is 11.9 Å². The van der Waals surface area contributed by atoms with Crippen LogP contribution in [0.2, 0.25) is 0 Å². The molecule has 0 unspecified atom stereocenters. The highest BCUT2D eigenvalue weighted by atomic mass is 32.1. The van der Waals surface area contributed by atoms with E-state index in [1.165, 1.54) is 4.88 Å². The fourth-order valence-electron chi connectivity index (χ4n) is 1.93. The summed E-state index contributed by atoms with van der Waals surface area (Å²) in [6, 6.07) is 11.8. The molecule has 0 radical (unpaired) electrons. The minimum atomic E-state index is 0.0725. The monoisotopic (exact) mass is 274 g/mol. The van der Waals surface area contributed by atoms with Gasteiger partial charge in [0.25, 0.3) is 0 Å². The van der Waals surface area contributed by atoms with Crippen LogP contribution in [0.5, 0.6) is 0 Å². The number of carbonyl (C=O) groups excluding carboxylic acids is 1. The van der Waals surface area contributed by atoms with Crippen LogP contribution >= 0.6 is 11.3 Å². The first-order valence-electron chi connectivity index (χ1n) is 6.32. The summed E-state index contributed by atoms with van der Waals surface area (Å²) < 4.78 is 0. The van der Waals surface area contributed by atoms with Crippen LogP contribution in [0.25, 0.3) is 0 Å². The fraction of sp³-hybridized carbons (Fsp3) is 0.267. The van der Waals surface area contributed by atoms with Crippen molar-refractivity contribution < 1.29 is 4.79 Å². The van der Waals surface area contributed by atoms with Gasteiger partial charge in [0, 0.05) is 17.0 Å². The third-order valence-corrected chi connectivity index (χ3v) is 3.99. The molecule has 1 atom stereocenters. The molecule has 2 rings (SSSR count). The number of amides is 1. The number of nitrogens with one attached hydrogen (secondary N) is 1. The van der Waals surface area contributed by atoms with Crippen molar-refractivity contribution >= 4 is 22.9 Å². The van der Waals surface area contributed by atoms with E-state index in [1.54, 1.807) is 11.3 Å². The molecule has 1 heterocycles. The van der Waals surface area contributed by atoms with Crippen LogP contribution in [0.1, 0.15) is 29.8 Å². The number of hydrogen-bond donors (Lipinski definition) is 2. The number of hydrogen-bond acceptors (Lipinski definition) is 3. The first-order chi connectivity index (χ1) is 9.15. The maximum Gasteiger partial charge on any atom is 0.220 e. The highest BCUT2D eigenvalue weighted by Gasteiger charge is 2.10. The zero-order valence-corrected chi connectivity index (χ0v) is 11.7. The molecule has 0 saturated heterocycles. The molecule has 0 aliphatic heterocycles. The average Bonchev–Trinajstić information content (AvgIpc) is 2.90. The second-order valence-electron chi connectivity index (χ2n) is 4.55. The van der Waals surface area contributed by atoms with Gasteiger partial charge in [-0.1, -0.05) is 18.2 Å². The molecule has 3 N–H and O–H groups in total. The van der Waals surface area contributed by atoms with E-state index in [4.69, 9.17) is 5.73 Å². The number of nitrogens with two attached hydrogens (primary N) is 1. The van der Waals surface area contributed by atoms with E-state index >= 15 is 0 Å². The Bertz CT molecular complexity index is 537. The molecule has 0 fully saturated rings. The number of thiophene rings is 1. The molecule has 0 aliphatic rings. The summed E-state index contributed by atoms with van der Waals surface area (Å²) in [6.45, 7) is 2.00. The lowest BCUT2D eigenvalue weighted by Gasteiger charge is -2.12. The molecule has 0 bridgehead atoms. The standard InChI is InChI=1S/C15H18N2OS/c1-11(14-6-3-9-19-14)17-15(18)8-7-12-4-2-5-13(16)10-12/h2-6,9-11H,7-8,16H2,1H3,(H,17,18)/t11-/m1/s1. The molecule has 0 spiro atoms. The summed E-state index contributed by atoms with van der Waals surface area (Å²) in [5.41, 5.74) is 7.55. The van der Waals surface area contributed by atoms with Crippen LogP contribution in [0.4, 0.5) is 5.69 Å². The Labute approximate surface area is 117 Å². The molecule has 100 valence electrons. The predicted molar refractivity (Wildman–Crippen MR) is 80.1 cm³/mol. The fourth-order valence-corrected chi connectivity index (χ4v) is 2.66. The van der Waals surface area contributed by atoms with Gasteiger partial charge < -0.3 is 11.1 Å². The molecule has 0 aliphatic carbocycles. The van der Waals surface area contributed by atoms with Gasteiger partial charge in [-0.2, -0.15) is 0 Å². The van der Waals surface area contributed by atoms with E-state index in [2.05, 4.69) is 5.32 Å². The van der Waals surface area contributed by atoms with Gasteiger partial charge in [-0.15, -0.1) is 11.3 Å². The second-order valence-corrected chi connectivity index (χ2v) is 5.53. The molecule has 1 amide bonds. The van der Waals surface area contributed by atoms with Crippen molar-refractivity contribution in [2.45, 2.75) is 25.8 Å². The lowest BCUT2D eigenvalue weighted by molar-refractivity contribution is -0.121. The summed E-state index contributed by atoms with van der Waals surface area (Å²) in [4.78, 5) is 13.0. The number of carbonyl (C=O) groups is 1.